The van der Waals surface area contributed by atoms with Gasteiger partial charge in [0.05, 0.1) is 13.2 Å². The monoisotopic (exact) mass is 286 g/mol. The molecule has 2 aliphatic heterocycles. The van der Waals surface area contributed by atoms with Crippen molar-refractivity contribution >= 4 is 5.57 Å². The van der Waals surface area contributed by atoms with Crippen LogP contribution in [0.5, 0.6) is 0 Å². The minimum atomic E-state index is -1.09. The van der Waals surface area contributed by atoms with E-state index in [0.29, 0.717) is 13.2 Å². The topological polar surface area (TPSA) is 27.7 Å². The van der Waals surface area contributed by atoms with E-state index < -0.39 is 11.6 Å². The molecule has 0 saturated carbocycles. The lowest BCUT2D eigenvalue weighted by atomic mass is 9.91. The Balaban J connectivity index is 1.97. The summed E-state index contributed by atoms with van der Waals surface area (Å²) in [5.74, 6) is -1.09. The molecule has 0 amide bonds. The maximum absolute atomic E-state index is 6.13. The molecule has 3 rings (SSSR count). The number of rotatable bonds is 2. The molecular weight excluding hydrogens is 264 g/mol. The second kappa shape index (κ2) is 4.80. The highest BCUT2D eigenvalue weighted by atomic mass is 16.9. The molecule has 21 heavy (non-hydrogen) atoms. The molecule has 1 aromatic rings. The van der Waals surface area contributed by atoms with Gasteiger partial charge in [-0.25, -0.2) is 0 Å². The summed E-state index contributed by atoms with van der Waals surface area (Å²) in [6.45, 7) is 11.3. The number of ether oxygens (including phenoxy) is 3. The van der Waals surface area contributed by atoms with Crippen LogP contribution in [0.4, 0.5) is 0 Å². The van der Waals surface area contributed by atoms with Gasteiger partial charge in [0.1, 0.15) is 5.60 Å². The van der Waals surface area contributed by atoms with Crippen LogP contribution in [0.15, 0.2) is 49.1 Å². The first-order valence-electron chi connectivity index (χ1n) is 7.29. The van der Waals surface area contributed by atoms with Gasteiger partial charge in [-0.15, -0.1) is 0 Å². The third-order valence-electron chi connectivity index (χ3n) is 4.01. The van der Waals surface area contributed by atoms with Crippen LogP contribution in [0.1, 0.15) is 26.3 Å². The van der Waals surface area contributed by atoms with Crippen molar-refractivity contribution in [3.63, 3.8) is 0 Å². The van der Waals surface area contributed by atoms with E-state index in [1.165, 1.54) is 0 Å². The van der Waals surface area contributed by atoms with Crippen LogP contribution in [-0.4, -0.2) is 24.8 Å². The molecule has 1 aromatic carbocycles. The van der Waals surface area contributed by atoms with Gasteiger partial charge >= 0.3 is 5.97 Å². The van der Waals surface area contributed by atoms with E-state index in [1.54, 1.807) is 6.08 Å². The maximum atomic E-state index is 6.13. The van der Waals surface area contributed by atoms with Crippen LogP contribution in [0.2, 0.25) is 0 Å². The molecule has 0 N–H and O–H groups in total. The van der Waals surface area contributed by atoms with Crippen LogP contribution in [0.25, 0.3) is 5.57 Å². The minimum absolute atomic E-state index is 0.00251. The highest BCUT2D eigenvalue weighted by Gasteiger charge is 2.51. The van der Waals surface area contributed by atoms with Gasteiger partial charge in [0.2, 0.25) is 0 Å². The zero-order chi connectivity index (χ0) is 15.1. The number of hydrogen-bond donors (Lipinski definition) is 0. The molecule has 1 spiro atoms. The van der Waals surface area contributed by atoms with Gasteiger partial charge in [0, 0.05) is 11.5 Å². The molecule has 1 fully saturated rings. The quantitative estimate of drug-likeness (QED) is 0.775. The van der Waals surface area contributed by atoms with Gasteiger partial charge in [0.25, 0.3) is 0 Å². The molecule has 2 heterocycles. The van der Waals surface area contributed by atoms with Gasteiger partial charge in [0.15, 0.2) is 0 Å². The molecular formula is C18H22O3. The van der Waals surface area contributed by atoms with Crippen LogP contribution in [-0.2, 0) is 14.2 Å². The molecule has 112 valence electrons. The van der Waals surface area contributed by atoms with Gasteiger partial charge < -0.3 is 14.2 Å². The predicted molar refractivity (Wildman–Crippen MR) is 82.5 cm³/mol. The highest BCUT2D eigenvalue weighted by Crippen LogP contribution is 2.46. The van der Waals surface area contributed by atoms with Crippen LogP contribution >= 0.6 is 0 Å². The predicted octanol–water partition coefficient (Wildman–Crippen LogP) is 3.77. The van der Waals surface area contributed by atoms with E-state index in [1.807, 2.05) is 31.2 Å². The summed E-state index contributed by atoms with van der Waals surface area (Å²) >= 11 is 0. The largest absolute Gasteiger partial charge is 0.323 e. The lowest BCUT2D eigenvalue weighted by molar-refractivity contribution is -0.395. The fraction of sp³-hybridized carbons (Fsp3) is 0.444. The standard InChI is InChI=1S/C18H22O3/c1-5-17(4)15(14-9-7-6-8-10-14)11-18(21-17)19-12-16(2,3)13-20-18/h5-11H,1,12-13H2,2-4H3. The van der Waals surface area contributed by atoms with Crippen molar-refractivity contribution in [1.29, 1.82) is 0 Å². The lowest BCUT2D eigenvalue weighted by Crippen LogP contribution is -2.48. The van der Waals surface area contributed by atoms with Gasteiger partial charge in [-0.3, -0.25) is 0 Å². The molecule has 1 atom stereocenters. The van der Waals surface area contributed by atoms with Gasteiger partial charge in [-0.05, 0) is 18.1 Å². The Labute approximate surface area is 126 Å². The second-order valence-electron chi connectivity index (χ2n) is 6.68. The molecule has 0 aliphatic carbocycles. The van der Waals surface area contributed by atoms with E-state index in [4.69, 9.17) is 14.2 Å². The molecule has 0 aromatic heterocycles. The summed E-state index contributed by atoms with van der Waals surface area (Å²) in [6.07, 6.45) is 3.74. The highest BCUT2D eigenvalue weighted by molar-refractivity contribution is 5.76. The van der Waals surface area contributed by atoms with Crippen molar-refractivity contribution in [2.24, 2.45) is 5.41 Å². The Hall–Kier alpha value is -1.42. The first kappa shape index (κ1) is 14.5. The second-order valence-corrected chi connectivity index (χ2v) is 6.68. The molecule has 1 saturated heterocycles. The normalized spacial score (nSPS) is 30.1. The average Bonchev–Trinajstić information content (AvgIpc) is 2.78. The van der Waals surface area contributed by atoms with E-state index in [2.05, 4.69) is 32.6 Å². The van der Waals surface area contributed by atoms with E-state index in [-0.39, 0.29) is 5.41 Å². The van der Waals surface area contributed by atoms with Crippen molar-refractivity contribution in [2.45, 2.75) is 32.3 Å². The first-order valence-corrected chi connectivity index (χ1v) is 7.29. The molecule has 1 unspecified atom stereocenters. The fourth-order valence-corrected chi connectivity index (χ4v) is 2.66. The Morgan fingerprint density at radius 2 is 1.67 bits per heavy atom. The molecule has 0 radical (unpaired) electrons. The van der Waals surface area contributed by atoms with E-state index in [0.717, 1.165) is 11.1 Å². The maximum Gasteiger partial charge on any atom is 0.306 e. The van der Waals surface area contributed by atoms with E-state index in [9.17, 15) is 0 Å². The van der Waals surface area contributed by atoms with E-state index >= 15 is 0 Å². The van der Waals surface area contributed by atoms with Gasteiger partial charge in [-0.2, -0.15) is 0 Å². The van der Waals surface area contributed by atoms with Crippen LogP contribution in [0, 0.1) is 5.41 Å². The Morgan fingerprint density at radius 3 is 2.24 bits per heavy atom. The smallest absolute Gasteiger partial charge is 0.306 e. The number of hydrogen-bond acceptors (Lipinski definition) is 3. The van der Waals surface area contributed by atoms with Crippen LogP contribution in [0.3, 0.4) is 0 Å². The zero-order valence-electron chi connectivity index (χ0n) is 12.9. The summed E-state index contributed by atoms with van der Waals surface area (Å²) in [6, 6.07) is 10.1. The third kappa shape index (κ3) is 2.57. The summed E-state index contributed by atoms with van der Waals surface area (Å²) in [5, 5.41) is 0. The molecule has 0 bridgehead atoms. The lowest BCUT2D eigenvalue weighted by Gasteiger charge is -2.41. The number of benzene rings is 1. The van der Waals surface area contributed by atoms with Crippen molar-refractivity contribution < 1.29 is 14.2 Å². The van der Waals surface area contributed by atoms with Crippen molar-refractivity contribution in [3.05, 3.63) is 54.6 Å². The third-order valence-corrected chi connectivity index (χ3v) is 4.01. The Morgan fingerprint density at radius 1 is 1.05 bits per heavy atom. The van der Waals surface area contributed by atoms with Crippen LogP contribution < -0.4 is 0 Å². The SMILES string of the molecule is C=CC1(C)OC2(C=C1c1ccccc1)OCC(C)(C)CO2. The summed E-state index contributed by atoms with van der Waals surface area (Å²) in [4.78, 5) is 0. The van der Waals surface area contributed by atoms with Gasteiger partial charge in [-0.1, -0.05) is 56.8 Å². The summed E-state index contributed by atoms with van der Waals surface area (Å²) in [5.41, 5.74) is 1.50. The summed E-state index contributed by atoms with van der Waals surface area (Å²) in [7, 11) is 0. The Bertz CT molecular complexity index is 563. The molecule has 3 heteroatoms. The summed E-state index contributed by atoms with van der Waals surface area (Å²) < 4.78 is 18.0. The zero-order valence-corrected chi connectivity index (χ0v) is 12.9. The molecule has 2 aliphatic rings. The van der Waals surface area contributed by atoms with Crippen molar-refractivity contribution in [1.82, 2.24) is 0 Å². The average molecular weight is 286 g/mol. The minimum Gasteiger partial charge on any atom is -0.323 e. The van der Waals surface area contributed by atoms with Crippen molar-refractivity contribution in [2.75, 3.05) is 13.2 Å². The Kier molecular flexibility index (Phi) is 3.32. The first-order chi connectivity index (χ1) is 9.88. The fourth-order valence-electron chi connectivity index (χ4n) is 2.66. The van der Waals surface area contributed by atoms with Crippen molar-refractivity contribution in [3.8, 4) is 0 Å². The molecule has 3 nitrogen and oxygen atoms in total.